The first kappa shape index (κ1) is 11.5. The molecule has 0 saturated carbocycles. The van der Waals surface area contributed by atoms with Crippen LogP contribution in [0, 0.1) is 0 Å². The van der Waals surface area contributed by atoms with Crippen LogP contribution >= 0.6 is 0 Å². The van der Waals surface area contributed by atoms with E-state index in [0.29, 0.717) is 11.3 Å². The van der Waals surface area contributed by atoms with E-state index < -0.39 is 31.1 Å². The Balaban J connectivity index is 2.00. The van der Waals surface area contributed by atoms with E-state index in [-0.39, 0.29) is 0 Å². The highest BCUT2D eigenvalue weighted by Gasteiger charge is 2.45. The van der Waals surface area contributed by atoms with Crippen molar-refractivity contribution in [1.82, 2.24) is 19.6 Å². The Morgan fingerprint density at radius 2 is 2.28 bits per heavy atom. The molecule has 3 rings (SSSR count). The SMILES string of the molecule is OC[C@H]1O[C@@H](c2cnc3cncnn23)[C@H](F)[C@@H]1O. The summed E-state index contributed by atoms with van der Waals surface area (Å²) in [7, 11) is 0. The van der Waals surface area contributed by atoms with Gasteiger partial charge in [0.2, 0.25) is 0 Å². The van der Waals surface area contributed by atoms with Gasteiger partial charge in [-0.25, -0.2) is 18.9 Å². The standard InChI is InChI=1S/C10H11FN4O3/c11-8-9(17)6(3-16)18-10(8)5-1-13-7-2-12-4-14-15(5)7/h1-2,4,6,8-10,16-17H,3H2/t6-,8-,9-,10+/m1/s1. The van der Waals surface area contributed by atoms with E-state index in [2.05, 4.69) is 15.1 Å². The Kier molecular flexibility index (Phi) is 2.69. The average Bonchev–Trinajstić information content (AvgIpc) is 2.93. The Hall–Kier alpha value is -1.64. The van der Waals surface area contributed by atoms with Crippen LogP contribution in [-0.2, 0) is 4.74 Å². The van der Waals surface area contributed by atoms with Gasteiger partial charge in [0.1, 0.15) is 24.6 Å². The number of aliphatic hydroxyl groups excluding tert-OH is 2. The first-order valence-electron chi connectivity index (χ1n) is 5.44. The number of hydrogen-bond acceptors (Lipinski definition) is 6. The topological polar surface area (TPSA) is 92.8 Å². The second-order valence-corrected chi connectivity index (χ2v) is 4.07. The van der Waals surface area contributed by atoms with Crippen molar-refractivity contribution in [3.05, 3.63) is 24.4 Å². The first-order valence-corrected chi connectivity index (χ1v) is 5.44. The highest BCUT2D eigenvalue weighted by atomic mass is 19.1. The molecule has 8 heteroatoms. The Bertz CT molecular complexity index is 563. The molecule has 1 saturated heterocycles. The number of hydrogen-bond donors (Lipinski definition) is 2. The molecule has 2 N–H and O–H groups in total. The van der Waals surface area contributed by atoms with Crippen molar-refractivity contribution < 1.29 is 19.3 Å². The predicted octanol–water partition coefficient (Wildman–Crippen LogP) is -0.745. The lowest BCUT2D eigenvalue weighted by Gasteiger charge is -2.11. The van der Waals surface area contributed by atoms with Gasteiger partial charge in [0.15, 0.2) is 11.8 Å². The van der Waals surface area contributed by atoms with Crippen molar-refractivity contribution in [3.63, 3.8) is 0 Å². The molecule has 1 aliphatic heterocycles. The first-order chi connectivity index (χ1) is 8.72. The van der Waals surface area contributed by atoms with Crippen LogP contribution in [0.25, 0.3) is 5.65 Å². The smallest absolute Gasteiger partial charge is 0.172 e. The Labute approximate surface area is 101 Å². The third kappa shape index (κ3) is 1.57. The molecule has 0 unspecified atom stereocenters. The molecule has 2 aromatic heterocycles. The zero-order chi connectivity index (χ0) is 12.7. The van der Waals surface area contributed by atoms with Crippen molar-refractivity contribution in [1.29, 1.82) is 0 Å². The minimum atomic E-state index is -1.63. The van der Waals surface area contributed by atoms with E-state index in [1.807, 2.05) is 0 Å². The molecule has 0 aromatic carbocycles. The maximum absolute atomic E-state index is 13.9. The molecular formula is C10H11FN4O3. The van der Waals surface area contributed by atoms with Gasteiger partial charge >= 0.3 is 0 Å². The summed E-state index contributed by atoms with van der Waals surface area (Å²) < 4.78 is 20.6. The van der Waals surface area contributed by atoms with Crippen molar-refractivity contribution in [2.24, 2.45) is 0 Å². The summed E-state index contributed by atoms with van der Waals surface area (Å²) in [4.78, 5) is 7.82. The predicted molar refractivity (Wildman–Crippen MR) is 56.4 cm³/mol. The van der Waals surface area contributed by atoms with Crippen LogP contribution < -0.4 is 0 Å². The van der Waals surface area contributed by atoms with E-state index in [1.165, 1.54) is 23.2 Å². The number of aromatic nitrogens is 4. The van der Waals surface area contributed by atoms with Crippen LogP contribution in [-0.4, -0.2) is 54.8 Å². The molecule has 0 amide bonds. The van der Waals surface area contributed by atoms with Crippen LogP contribution in [0.1, 0.15) is 11.8 Å². The molecule has 96 valence electrons. The van der Waals surface area contributed by atoms with Crippen LogP contribution in [0.5, 0.6) is 0 Å². The fourth-order valence-corrected chi connectivity index (χ4v) is 2.08. The van der Waals surface area contributed by atoms with Gasteiger partial charge in [0, 0.05) is 0 Å². The highest BCUT2D eigenvalue weighted by Crippen LogP contribution is 2.35. The van der Waals surface area contributed by atoms with Gasteiger partial charge < -0.3 is 14.9 Å². The van der Waals surface area contributed by atoms with Gasteiger partial charge in [0.05, 0.1) is 24.7 Å². The molecule has 18 heavy (non-hydrogen) atoms. The number of alkyl halides is 1. The Morgan fingerprint density at radius 1 is 1.44 bits per heavy atom. The maximum atomic E-state index is 13.9. The zero-order valence-electron chi connectivity index (χ0n) is 9.22. The zero-order valence-corrected chi connectivity index (χ0v) is 9.22. The monoisotopic (exact) mass is 254 g/mol. The Morgan fingerprint density at radius 3 is 3.00 bits per heavy atom. The van der Waals surface area contributed by atoms with Crippen LogP contribution in [0.4, 0.5) is 4.39 Å². The normalized spacial score (nSPS) is 32.2. The summed E-state index contributed by atoms with van der Waals surface area (Å²) in [6.45, 7) is -0.441. The minimum absolute atomic E-state index is 0.384. The summed E-state index contributed by atoms with van der Waals surface area (Å²) in [6, 6.07) is 0. The molecule has 1 fully saturated rings. The molecule has 0 aliphatic carbocycles. The van der Waals surface area contributed by atoms with E-state index >= 15 is 0 Å². The third-order valence-corrected chi connectivity index (χ3v) is 3.00. The minimum Gasteiger partial charge on any atom is -0.394 e. The molecule has 2 aromatic rings. The number of nitrogens with zero attached hydrogens (tertiary/aromatic N) is 4. The lowest BCUT2D eigenvalue weighted by atomic mass is 10.1. The molecule has 3 heterocycles. The number of fused-ring (bicyclic) bond motifs is 1. The van der Waals surface area contributed by atoms with Gasteiger partial charge in [-0.3, -0.25) is 0 Å². The molecule has 7 nitrogen and oxygen atoms in total. The number of aliphatic hydroxyl groups is 2. The number of ether oxygens (including phenoxy) is 1. The fraction of sp³-hybridized carbons (Fsp3) is 0.500. The molecule has 0 bridgehead atoms. The van der Waals surface area contributed by atoms with Crippen LogP contribution in [0.3, 0.4) is 0 Å². The maximum Gasteiger partial charge on any atom is 0.172 e. The van der Waals surface area contributed by atoms with E-state index in [0.717, 1.165) is 0 Å². The summed E-state index contributed by atoms with van der Waals surface area (Å²) in [5.74, 6) is 0. The number of halogens is 1. The lowest BCUT2D eigenvalue weighted by molar-refractivity contribution is -0.0241. The van der Waals surface area contributed by atoms with Gasteiger partial charge in [0.25, 0.3) is 0 Å². The number of imidazole rings is 1. The van der Waals surface area contributed by atoms with E-state index in [1.54, 1.807) is 0 Å². The van der Waals surface area contributed by atoms with Crippen molar-refractivity contribution in [2.75, 3.05) is 6.61 Å². The summed E-state index contributed by atoms with van der Waals surface area (Å²) in [5.41, 5.74) is 0.847. The largest absolute Gasteiger partial charge is 0.394 e. The fourth-order valence-electron chi connectivity index (χ4n) is 2.08. The van der Waals surface area contributed by atoms with Gasteiger partial charge in [-0.1, -0.05) is 0 Å². The van der Waals surface area contributed by atoms with Crippen molar-refractivity contribution in [3.8, 4) is 0 Å². The molecule has 0 radical (unpaired) electrons. The summed E-state index contributed by atoms with van der Waals surface area (Å²) in [5, 5.41) is 22.5. The molecular weight excluding hydrogens is 243 g/mol. The quantitative estimate of drug-likeness (QED) is 0.733. The van der Waals surface area contributed by atoms with Crippen molar-refractivity contribution >= 4 is 5.65 Å². The molecule has 1 aliphatic rings. The highest BCUT2D eigenvalue weighted by molar-refractivity contribution is 5.36. The second-order valence-electron chi connectivity index (χ2n) is 4.07. The lowest BCUT2D eigenvalue weighted by Crippen LogP contribution is -2.30. The third-order valence-electron chi connectivity index (χ3n) is 3.00. The van der Waals surface area contributed by atoms with Gasteiger partial charge in [-0.15, -0.1) is 0 Å². The average molecular weight is 254 g/mol. The van der Waals surface area contributed by atoms with Crippen LogP contribution in [0.15, 0.2) is 18.7 Å². The van der Waals surface area contributed by atoms with Crippen LogP contribution in [0.2, 0.25) is 0 Å². The second kappa shape index (κ2) is 4.23. The van der Waals surface area contributed by atoms with E-state index in [9.17, 15) is 9.50 Å². The van der Waals surface area contributed by atoms with Gasteiger partial charge in [-0.05, 0) is 0 Å². The van der Waals surface area contributed by atoms with Gasteiger partial charge in [-0.2, -0.15) is 5.10 Å². The summed E-state index contributed by atoms with van der Waals surface area (Å²) >= 11 is 0. The van der Waals surface area contributed by atoms with Crippen molar-refractivity contribution in [2.45, 2.75) is 24.5 Å². The summed E-state index contributed by atoms with van der Waals surface area (Å²) in [6.07, 6.45) is -0.698. The number of rotatable bonds is 2. The molecule has 0 spiro atoms. The van der Waals surface area contributed by atoms with E-state index in [4.69, 9.17) is 9.84 Å². The molecule has 4 atom stereocenters.